The third-order valence-corrected chi connectivity index (χ3v) is 5.85. The molecule has 27 heavy (non-hydrogen) atoms. The van der Waals surface area contributed by atoms with Crippen molar-refractivity contribution >= 4 is 17.7 Å². The number of nitrogens with one attached hydrogen (secondary N) is 1. The number of aryl methyl sites for hydroxylation is 1. The SMILES string of the molecule is CCc1ccc(C(C)NC(=O)C(Sc2ccccc2)c2ccccc2)cc1. The van der Waals surface area contributed by atoms with Crippen molar-refractivity contribution in [2.24, 2.45) is 0 Å². The summed E-state index contributed by atoms with van der Waals surface area (Å²) in [5.74, 6) is 0.0297. The maximum Gasteiger partial charge on any atom is 0.238 e. The van der Waals surface area contributed by atoms with Crippen LogP contribution in [0.15, 0.2) is 89.8 Å². The molecule has 3 aromatic rings. The van der Waals surface area contributed by atoms with Crippen LogP contribution in [-0.4, -0.2) is 5.91 Å². The number of hydrogen-bond donors (Lipinski definition) is 1. The summed E-state index contributed by atoms with van der Waals surface area (Å²) in [5.41, 5.74) is 3.44. The topological polar surface area (TPSA) is 29.1 Å². The molecule has 2 unspecified atom stereocenters. The fraction of sp³-hybridized carbons (Fsp3) is 0.208. The average molecular weight is 376 g/mol. The standard InChI is InChI=1S/C24H25NOS/c1-3-19-14-16-20(17-15-19)18(2)25-24(26)23(21-10-6-4-7-11-21)27-22-12-8-5-9-13-22/h4-18,23H,3H2,1-2H3,(H,25,26). The molecule has 0 spiro atoms. The van der Waals surface area contributed by atoms with Crippen molar-refractivity contribution in [2.45, 2.75) is 36.5 Å². The third kappa shape index (κ3) is 5.24. The van der Waals surface area contributed by atoms with Gasteiger partial charge >= 0.3 is 0 Å². The highest BCUT2D eigenvalue weighted by molar-refractivity contribution is 8.00. The van der Waals surface area contributed by atoms with E-state index in [0.29, 0.717) is 0 Å². The average Bonchev–Trinajstić information content (AvgIpc) is 2.73. The second-order valence-electron chi connectivity index (χ2n) is 6.55. The van der Waals surface area contributed by atoms with Gasteiger partial charge in [-0.25, -0.2) is 0 Å². The van der Waals surface area contributed by atoms with Crippen LogP contribution in [0.1, 0.15) is 41.8 Å². The van der Waals surface area contributed by atoms with Gasteiger partial charge in [-0.1, -0.05) is 79.7 Å². The molecule has 0 aliphatic carbocycles. The maximum absolute atomic E-state index is 13.1. The molecule has 0 aliphatic rings. The van der Waals surface area contributed by atoms with Gasteiger partial charge in [-0.05, 0) is 42.2 Å². The highest BCUT2D eigenvalue weighted by Crippen LogP contribution is 2.35. The van der Waals surface area contributed by atoms with Gasteiger partial charge in [-0.2, -0.15) is 0 Å². The second kappa shape index (κ2) is 9.43. The summed E-state index contributed by atoms with van der Waals surface area (Å²) in [7, 11) is 0. The number of carbonyl (C=O) groups excluding carboxylic acids is 1. The molecule has 0 radical (unpaired) electrons. The summed E-state index contributed by atoms with van der Waals surface area (Å²) in [5, 5.41) is 2.91. The van der Waals surface area contributed by atoms with Gasteiger partial charge < -0.3 is 5.32 Å². The Labute approximate surface area is 166 Å². The van der Waals surface area contributed by atoms with Crippen molar-refractivity contribution in [3.05, 3.63) is 102 Å². The number of hydrogen-bond acceptors (Lipinski definition) is 2. The summed E-state index contributed by atoms with van der Waals surface area (Å²) in [6, 6.07) is 28.5. The maximum atomic E-state index is 13.1. The van der Waals surface area contributed by atoms with Crippen molar-refractivity contribution in [2.75, 3.05) is 0 Å². The zero-order valence-electron chi connectivity index (χ0n) is 15.8. The molecule has 1 amide bonds. The van der Waals surface area contributed by atoms with E-state index in [1.54, 1.807) is 11.8 Å². The van der Waals surface area contributed by atoms with Crippen LogP contribution in [0, 0.1) is 0 Å². The van der Waals surface area contributed by atoms with Crippen LogP contribution in [0.5, 0.6) is 0 Å². The van der Waals surface area contributed by atoms with E-state index in [9.17, 15) is 4.79 Å². The number of amides is 1. The predicted octanol–water partition coefficient (Wildman–Crippen LogP) is 5.96. The molecule has 2 nitrogen and oxygen atoms in total. The number of carbonyl (C=O) groups is 1. The molecule has 0 heterocycles. The predicted molar refractivity (Wildman–Crippen MR) is 114 cm³/mol. The molecule has 0 aromatic heterocycles. The second-order valence-corrected chi connectivity index (χ2v) is 7.73. The van der Waals surface area contributed by atoms with E-state index in [1.807, 2.05) is 67.6 Å². The molecular weight excluding hydrogens is 350 g/mol. The molecule has 2 atom stereocenters. The summed E-state index contributed by atoms with van der Waals surface area (Å²) in [4.78, 5) is 14.2. The lowest BCUT2D eigenvalue weighted by Gasteiger charge is -2.21. The van der Waals surface area contributed by atoms with Gasteiger partial charge in [0.25, 0.3) is 0 Å². The quantitative estimate of drug-likeness (QED) is 0.516. The molecule has 0 saturated heterocycles. The van der Waals surface area contributed by atoms with Crippen molar-refractivity contribution in [3.63, 3.8) is 0 Å². The van der Waals surface area contributed by atoms with Gasteiger partial charge in [-0.3, -0.25) is 4.79 Å². The van der Waals surface area contributed by atoms with E-state index in [2.05, 4.69) is 36.5 Å². The van der Waals surface area contributed by atoms with Crippen molar-refractivity contribution in [1.82, 2.24) is 5.32 Å². The summed E-state index contributed by atoms with van der Waals surface area (Å²) in [6.07, 6.45) is 1.02. The minimum atomic E-state index is -0.286. The Balaban J connectivity index is 1.77. The molecule has 3 heteroatoms. The van der Waals surface area contributed by atoms with Gasteiger partial charge in [0, 0.05) is 4.90 Å². The van der Waals surface area contributed by atoms with Crippen LogP contribution in [-0.2, 0) is 11.2 Å². The third-order valence-electron chi connectivity index (χ3n) is 4.58. The fourth-order valence-electron chi connectivity index (χ4n) is 2.95. The Hall–Kier alpha value is -2.52. The summed E-state index contributed by atoms with van der Waals surface area (Å²) >= 11 is 1.58. The molecular formula is C24H25NOS. The van der Waals surface area contributed by atoms with Gasteiger partial charge in [0.15, 0.2) is 0 Å². The molecule has 3 aromatic carbocycles. The largest absolute Gasteiger partial charge is 0.348 e. The Morgan fingerprint density at radius 3 is 2.04 bits per heavy atom. The van der Waals surface area contributed by atoms with E-state index in [1.165, 1.54) is 5.56 Å². The van der Waals surface area contributed by atoms with Crippen LogP contribution in [0.4, 0.5) is 0 Å². The summed E-state index contributed by atoms with van der Waals surface area (Å²) in [6.45, 7) is 4.18. The molecule has 0 fully saturated rings. The Morgan fingerprint density at radius 2 is 1.44 bits per heavy atom. The lowest BCUT2D eigenvalue weighted by molar-refractivity contribution is -0.121. The zero-order valence-corrected chi connectivity index (χ0v) is 16.6. The highest BCUT2D eigenvalue weighted by Gasteiger charge is 2.23. The fourth-order valence-corrected chi connectivity index (χ4v) is 4.01. The van der Waals surface area contributed by atoms with E-state index in [0.717, 1.165) is 22.4 Å². The first-order chi connectivity index (χ1) is 13.2. The molecule has 0 bridgehead atoms. The molecule has 138 valence electrons. The normalized spacial score (nSPS) is 13.0. The number of benzene rings is 3. The van der Waals surface area contributed by atoms with Gasteiger partial charge in [0.05, 0.1) is 6.04 Å². The smallest absolute Gasteiger partial charge is 0.238 e. The number of rotatable bonds is 7. The monoisotopic (exact) mass is 375 g/mol. The van der Waals surface area contributed by atoms with E-state index in [-0.39, 0.29) is 17.2 Å². The van der Waals surface area contributed by atoms with Crippen molar-refractivity contribution in [1.29, 1.82) is 0 Å². The van der Waals surface area contributed by atoms with Crippen molar-refractivity contribution in [3.8, 4) is 0 Å². The minimum Gasteiger partial charge on any atom is -0.348 e. The zero-order chi connectivity index (χ0) is 19.1. The first-order valence-electron chi connectivity index (χ1n) is 9.33. The number of thioether (sulfide) groups is 1. The first-order valence-corrected chi connectivity index (χ1v) is 10.2. The molecule has 1 N–H and O–H groups in total. The van der Waals surface area contributed by atoms with E-state index in [4.69, 9.17) is 0 Å². The highest BCUT2D eigenvalue weighted by atomic mass is 32.2. The van der Waals surface area contributed by atoms with Crippen LogP contribution in [0.3, 0.4) is 0 Å². The molecule has 0 saturated carbocycles. The Morgan fingerprint density at radius 1 is 0.852 bits per heavy atom. The Kier molecular flexibility index (Phi) is 6.72. The minimum absolute atomic E-state index is 0.0297. The first kappa shape index (κ1) is 19.2. The van der Waals surface area contributed by atoms with Gasteiger partial charge in [0.2, 0.25) is 5.91 Å². The molecule has 3 rings (SSSR count). The van der Waals surface area contributed by atoms with Crippen LogP contribution in [0.2, 0.25) is 0 Å². The van der Waals surface area contributed by atoms with Crippen LogP contribution >= 0.6 is 11.8 Å². The molecule has 0 aliphatic heterocycles. The van der Waals surface area contributed by atoms with E-state index < -0.39 is 0 Å². The van der Waals surface area contributed by atoms with Crippen LogP contribution < -0.4 is 5.32 Å². The van der Waals surface area contributed by atoms with Gasteiger partial charge in [0.1, 0.15) is 5.25 Å². The van der Waals surface area contributed by atoms with Crippen molar-refractivity contribution < 1.29 is 4.79 Å². The van der Waals surface area contributed by atoms with Gasteiger partial charge in [-0.15, -0.1) is 11.8 Å². The Bertz CT molecular complexity index is 847. The lowest BCUT2D eigenvalue weighted by Crippen LogP contribution is -2.30. The van der Waals surface area contributed by atoms with E-state index >= 15 is 0 Å². The summed E-state index contributed by atoms with van der Waals surface area (Å²) < 4.78 is 0. The van der Waals surface area contributed by atoms with Crippen LogP contribution in [0.25, 0.3) is 0 Å². The lowest BCUT2D eigenvalue weighted by atomic mass is 10.0.